The molecule has 1 fully saturated rings. The van der Waals surface area contributed by atoms with Gasteiger partial charge in [-0.3, -0.25) is 10.1 Å². The number of sulfone groups is 1. The molecule has 1 aromatic heterocycles. The molecule has 1 saturated carbocycles. The summed E-state index contributed by atoms with van der Waals surface area (Å²) in [5.41, 5.74) is -1.73. The van der Waals surface area contributed by atoms with Crippen molar-refractivity contribution in [3.05, 3.63) is 65.6 Å². The highest BCUT2D eigenvalue weighted by atomic mass is 32.2. The van der Waals surface area contributed by atoms with Crippen molar-refractivity contribution in [3.8, 4) is 6.07 Å². The van der Waals surface area contributed by atoms with E-state index in [1.54, 1.807) is 24.3 Å². The number of hydrogen-bond donors (Lipinski definition) is 2. The molecule has 2 N–H and O–H groups in total. The summed E-state index contributed by atoms with van der Waals surface area (Å²) in [5.74, 6) is -4.08. The summed E-state index contributed by atoms with van der Waals surface area (Å²) in [7, 11) is -4.26. The van der Waals surface area contributed by atoms with E-state index in [2.05, 4.69) is 10.5 Å². The lowest BCUT2D eigenvalue weighted by atomic mass is 10.0. The molecule has 0 unspecified atom stereocenters. The summed E-state index contributed by atoms with van der Waals surface area (Å²) in [6.45, 7) is 0. The molecule has 0 aliphatic heterocycles. The molecule has 13 heteroatoms. The lowest BCUT2D eigenvalue weighted by Gasteiger charge is -2.28. The van der Waals surface area contributed by atoms with Gasteiger partial charge in [0.2, 0.25) is 5.91 Å². The molecule has 0 radical (unpaired) electrons. The number of halogens is 4. The zero-order valence-corrected chi connectivity index (χ0v) is 19.4. The number of aromatic nitrogens is 1. The molecule has 0 spiro atoms. The van der Waals surface area contributed by atoms with Gasteiger partial charge in [-0.15, -0.1) is 0 Å². The number of rotatable bonds is 9. The predicted octanol–water partition coefficient (Wildman–Crippen LogP) is 3.32. The maximum atomic E-state index is 14.3. The Bertz CT molecular complexity index is 1430. The second kappa shape index (κ2) is 9.51. The molecule has 1 aliphatic carbocycles. The van der Waals surface area contributed by atoms with Crippen LogP contribution in [-0.4, -0.2) is 43.0 Å². The van der Waals surface area contributed by atoms with Gasteiger partial charge in [0.05, 0.1) is 17.6 Å². The Hall–Kier alpha value is -3.50. The Morgan fingerprint density at radius 1 is 1.17 bits per heavy atom. The number of hydrogen-bond acceptors (Lipinski definition) is 7. The first-order valence-electron chi connectivity index (χ1n) is 10.8. The minimum absolute atomic E-state index is 0.0296. The minimum atomic E-state index is -5.07. The third kappa shape index (κ3) is 5.66. The van der Waals surface area contributed by atoms with E-state index < -0.39 is 62.4 Å². The van der Waals surface area contributed by atoms with E-state index in [4.69, 9.17) is 4.52 Å². The Kier molecular flexibility index (Phi) is 6.76. The van der Waals surface area contributed by atoms with Gasteiger partial charge in [0.1, 0.15) is 29.1 Å². The first-order chi connectivity index (χ1) is 16.9. The Labute approximate surface area is 203 Å². The fourth-order valence-corrected chi connectivity index (χ4v) is 5.24. The number of para-hydroxylation sites is 1. The van der Waals surface area contributed by atoms with Crippen LogP contribution in [0, 0.1) is 17.1 Å². The number of carbonyl (C=O) groups is 1. The van der Waals surface area contributed by atoms with E-state index in [1.807, 2.05) is 11.4 Å². The fraction of sp³-hybridized carbons (Fsp3) is 0.348. The van der Waals surface area contributed by atoms with Crippen LogP contribution < -0.4 is 10.6 Å². The zero-order valence-electron chi connectivity index (χ0n) is 18.5. The number of nitriles is 1. The van der Waals surface area contributed by atoms with Crippen molar-refractivity contribution >= 4 is 26.7 Å². The van der Waals surface area contributed by atoms with Gasteiger partial charge in [0, 0.05) is 10.9 Å². The number of carbonyl (C=O) groups excluding carboxylic acids is 1. The van der Waals surface area contributed by atoms with Crippen molar-refractivity contribution in [2.45, 2.75) is 42.4 Å². The van der Waals surface area contributed by atoms with E-state index in [-0.39, 0.29) is 18.5 Å². The molecule has 4 rings (SSSR count). The third-order valence-corrected chi connectivity index (χ3v) is 7.34. The average Bonchev–Trinajstić information content (AvgIpc) is 3.48. The maximum absolute atomic E-state index is 14.3. The topological polar surface area (TPSA) is 125 Å². The lowest BCUT2D eigenvalue weighted by molar-refractivity contribution is -0.161. The lowest BCUT2D eigenvalue weighted by Crippen LogP contribution is -2.54. The summed E-state index contributed by atoms with van der Waals surface area (Å²) < 4.78 is 87.3. The highest BCUT2D eigenvalue weighted by Crippen LogP contribution is 2.36. The largest absolute Gasteiger partial charge is 0.408 e. The van der Waals surface area contributed by atoms with Crippen LogP contribution in [0.25, 0.3) is 11.0 Å². The van der Waals surface area contributed by atoms with Crippen LogP contribution in [0.4, 0.5) is 17.6 Å². The SMILES string of the molecule is N#CC1(NC(=O)[C@H](CS(=O)(=O)Cc2noc3ccccc23)N[C@@H](c2ccccc2F)C(F)(F)F)CC1. The molecule has 1 aliphatic rings. The standard InChI is InChI=1S/C23H20F4N4O4S/c24-16-7-3-1-5-14(16)20(23(25,26)27)29-18(21(32)30-22(13-28)9-10-22)12-36(33,34)11-17-15-6-2-4-8-19(15)35-31-17/h1-8,18,20,29H,9-12H2,(H,30,32)/t18-,20-/m0/s1. The summed E-state index contributed by atoms with van der Waals surface area (Å²) in [4.78, 5) is 12.9. The van der Waals surface area contributed by atoms with Gasteiger partial charge in [0.25, 0.3) is 0 Å². The number of nitrogens with one attached hydrogen (secondary N) is 2. The smallest absolute Gasteiger partial charge is 0.356 e. The molecule has 1 amide bonds. The monoisotopic (exact) mass is 524 g/mol. The van der Waals surface area contributed by atoms with Gasteiger partial charge in [-0.2, -0.15) is 18.4 Å². The Balaban J connectivity index is 1.64. The second-order valence-corrected chi connectivity index (χ2v) is 10.7. The van der Waals surface area contributed by atoms with Crippen LogP contribution in [0.3, 0.4) is 0 Å². The number of fused-ring (bicyclic) bond motifs is 1. The van der Waals surface area contributed by atoms with Crippen LogP contribution in [0.5, 0.6) is 0 Å². The van der Waals surface area contributed by atoms with Crippen molar-refractivity contribution in [2.75, 3.05) is 5.75 Å². The molecule has 190 valence electrons. The molecule has 2 atom stereocenters. The van der Waals surface area contributed by atoms with Gasteiger partial charge in [-0.05, 0) is 31.0 Å². The van der Waals surface area contributed by atoms with E-state index >= 15 is 0 Å². The first-order valence-corrected chi connectivity index (χ1v) is 12.6. The minimum Gasteiger partial charge on any atom is -0.356 e. The van der Waals surface area contributed by atoms with E-state index in [9.17, 15) is 36.0 Å². The quantitative estimate of drug-likeness (QED) is 0.412. The van der Waals surface area contributed by atoms with Crippen LogP contribution in [0.2, 0.25) is 0 Å². The van der Waals surface area contributed by atoms with Gasteiger partial charge < -0.3 is 9.84 Å². The number of alkyl halides is 3. The molecule has 1 heterocycles. The second-order valence-electron chi connectivity index (χ2n) is 8.58. The van der Waals surface area contributed by atoms with Crippen LogP contribution in [0.1, 0.15) is 30.1 Å². The van der Waals surface area contributed by atoms with Crippen LogP contribution in [0.15, 0.2) is 53.1 Å². The summed E-state index contributed by atoms with van der Waals surface area (Å²) >= 11 is 0. The maximum Gasteiger partial charge on any atom is 0.408 e. The molecule has 3 aromatic rings. The van der Waals surface area contributed by atoms with Gasteiger partial charge in [-0.1, -0.05) is 35.5 Å². The van der Waals surface area contributed by atoms with Gasteiger partial charge in [-0.25, -0.2) is 12.8 Å². The van der Waals surface area contributed by atoms with Crippen molar-refractivity contribution in [2.24, 2.45) is 0 Å². The summed E-state index contributed by atoms with van der Waals surface area (Å²) in [5, 5.41) is 17.7. The van der Waals surface area contributed by atoms with Crippen LogP contribution >= 0.6 is 0 Å². The normalized spacial score (nSPS) is 16.8. The van der Waals surface area contributed by atoms with Gasteiger partial charge >= 0.3 is 6.18 Å². The molecular weight excluding hydrogens is 504 g/mol. The molecule has 0 saturated heterocycles. The number of amides is 1. The number of nitrogens with zero attached hydrogens (tertiary/aromatic N) is 2. The van der Waals surface area contributed by atoms with Crippen LogP contribution in [-0.2, 0) is 20.4 Å². The first kappa shape index (κ1) is 25.6. The fourth-order valence-electron chi connectivity index (χ4n) is 3.75. The molecule has 0 bridgehead atoms. The summed E-state index contributed by atoms with van der Waals surface area (Å²) in [6, 6.07) is 7.76. The van der Waals surface area contributed by atoms with Crippen molar-refractivity contribution in [1.82, 2.24) is 15.8 Å². The zero-order chi connectivity index (χ0) is 26.1. The van der Waals surface area contributed by atoms with E-state index in [0.717, 1.165) is 12.1 Å². The molecular formula is C23H20F4N4O4S. The van der Waals surface area contributed by atoms with Gasteiger partial charge in [0.15, 0.2) is 15.4 Å². The summed E-state index contributed by atoms with van der Waals surface area (Å²) in [6.07, 6.45) is -4.52. The van der Waals surface area contributed by atoms with E-state index in [1.165, 1.54) is 12.1 Å². The Morgan fingerprint density at radius 3 is 2.47 bits per heavy atom. The average molecular weight is 524 g/mol. The highest BCUT2D eigenvalue weighted by molar-refractivity contribution is 7.90. The molecule has 36 heavy (non-hydrogen) atoms. The van der Waals surface area contributed by atoms with Crippen molar-refractivity contribution in [3.63, 3.8) is 0 Å². The number of benzene rings is 2. The molecule has 8 nitrogen and oxygen atoms in total. The highest BCUT2D eigenvalue weighted by Gasteiger charge is 2.48. The Morgan fingerprint density at radius 2 is 1.83 bits per heavy atom. The predicted molar refractivity (Wildman–Crippen MR) is 119 cm³/mol. The van der Waals surface area contributed by atoms with E-state index in [0.29, 0.717) is 11.0 Å². The van der Waals surface area contributed by atoms with Crippen molar-refractivity contribution in [1.29, 1.82) is 5.26 Å². The van der Waals surface area contributed by atoms with Crippen molar-refractivity contribution < 1.29 is 35.3 Å². The third-order valence-electron chi connectivity index (χ3n) is 5.78. The molecule has 2 aromatic carbocycles.